The predicted molar refractivity (Wildman–Crippen MR) is 64.1 cm³/mol. The normalized spacial score (nSPS) is 20.4. The SMILES string of the molecule is CC(C)n1cncc1C(O)C1(C#N)CCCC1. The van der Waals surface area contributed by atoms with Crippen molar-refractivity contribution in [3.63, 3.8) is 0 Å². The molecule has 2 rings (SSSR count). The van der Waals surface area contributed by atoms with E-state index in [9.17, 15) is 10.4 Å². The van der Waals surface area contributed by atoms with Crippen molar-refractivity contribution in [2.75, 3.05) is 0 Å². The summed E-state index contributed by atoms with van der Waals surface area (Å²) in [5.41, 5.74) is 0.163. The minimum atomic E-state index is -0.722. The maximum Gasteiger partial charge on any atom is 0.114 e. The Hall–Kier alpha value is -1.34. The minimum absolute atomic E-state index is 0.249. The molecular weight excluding hydrogens is 214 g/mol. The molecule has 1 aromatic heterocycles. The average molecular weight is 233 g/mol. The van der Waals surface area contributed by atoms with E-state index >= 15 is 0 Å². The summed E-state index contributed by atoms with van der Waals surface area (Å²) in [4.78, 5) is 4.09. The van der Waals surface area contributed by atoms with Gasteiger partial charge in [0.2, 0.25) is 0 Å². The zero-order chi connectivity index (χ0) is 12.5. The van der Waals surface area contributed by atoms with E-state index < -0.39 is 11.5 Å². The lowest BCUT2D eigenvalue weighted by Gasteiger charge is -2.28. The second kappa shape index (κ2) is 4.50. The Bertz CT molecular complexity index is 424. The van der Waals surface area contributed by atoms with Gasteiger partial charge in [0.25, 0.3) is 0 Å². The smallest absolute Gasteiger partial charge is 0.114 e. The molecule has 1 unspecified atom stereocenters. The summed E-state index contributed by atoms with van der Waals surface area (Å²) in [6.45, 7) is 4.09. The maximum atomic E-state index is 10.5. The quantitative estimate of drug-likeness (QED) is 0.872. The third-order valence-electron chi connectivity index (χ3n) is 3.77. The van der Waals surface area contributed by atoms with Gasteiger partial charge in [-0.1, -0.05) is 12.8 Å². The Morgan fingerprint density at radius 3 is 2.65 bits per heavy atom. The van der Waals surface area contributed by atoms with Crippen LogP contribution in [0.5, 0.6) is 0 Å². The Morgan fingerprint density at radius 2 is 2.12 bits per heavy atom. The summed E-state index contributed by atoms with van der Waals surface area (Å²) in [6.07, 6.45) is 6.31. The highest BCUT2D eigenvalue weighted by atomic mass is 16.3. The van der Waals surface area contributed by atoms with Crippen LogP contribution in [0.3, 0.4) is 0 Å². The first-order valence-electron chi connectivity index (χ1n) is 6.22. The number of nitrogens with zero attached hydrogens (tertiary/aromatic N) is 3. The maximum absolute atomic E-state index is 10.5. The van der Waals surface area contributed by atoms with Crippen molar-refractivity contribution in [1.29, 1.82) is 5.26 Å². The molecule has 1 aliphatic carbocycles. The van der Waals surface area contributed by atoms with Gasteiger partial charge in [0.1, 0.15) is 6.10 Å². The second-order valence-electron chi connectivity index (χ2n) is 5.20. The van der Waals surface area contributed by atoms with E-state index in [1.807, 2.05) is 18.4 Å². The molecule has 1 aromatic rings. The van der Waals surface area contributed by atoms with Gasteiger partial charge in [0, 0.05) is 6.04 Å². The van der Waals surface area contributed by atoms with Gasteiger partial charge in [-0.05, 0) is 26.7 Å². The van der Waals surface area contributed by atoms with Crippen molar-refractivity contribution in [2.24, 2.45) is 5.41 Å². The summed E-state index contributed by atoms with van der Waals surface area (Å²) < 4.78 is 1.95. The lowest BCUT2D eigenvalue weighted by atomic mass is 9.80. The summed E-state index contributed by atoms with van der Waals surface area (Å²) in [7, 11) is 0. The van der Waals surface area contributed by atoms with Gasteiger partial charge < -0.3 is 9.67 Å². The third kappa shape index (κ3) is 1.96. The third-order valence-corrected chi connectivity index (χ3v) is 3.77. The van der Waals surface area contributed by atoms with Crippen LogP contribution < -0.4 is 0 Å². The largest absolute Gasteiger partial charge is 0.385 e. The number of hydrogen-bond acceptors (Lipinski definition) is 3. The van der Waals surface area contributed by atoms with Crippen LogP contribution in [-0.2, 0) is 0 Å². The number of aliphatic hydroxyl groups is 1. The molecule has 4 nitrogen and oxygen atoms in total. The Balaban J connectivity index is 2.33. The van der Waals surface area contributed by atoms with Crippen molar-refractivity contribution in [1.82, 2.24) is 9.55 Å². The monoisotopic (exact) mass is 233 g/mol. The fraction of sp³-hybridized carbons (Fsp3) is 0.692. The van der Waals surface area contributed by atoms with Gasteiger partial charge in [0.15, 0.2) is 0 Å². The number of hydrogen-bond donors (Lipinski definition) is 1. The molecule has 92 valence electrons. The second-order valence-corrected chi connectivity index (χ2v) is 5.20. The van der Waals surface area contributed by atoms with Crippen molar-refractivity contribution in [3.05, 3.63) is 18.2 Å². The van der Waals surface area contributed by atoms with Crippen molar-refractivity contribution < 1.29 is 5.11 Å². The highest BCUT2D eigenvalue weighted by Gasteiger charge is 2.43. The number of imidazole rings is 1. The van der Waals surface area contributed by atoms with Gasteiger partial charge in [0.05, 0.1) is 29.7 Å². The molecule has 0 aromatic carbocycles. The molecule has 1 aliphatic rings. The molecule has 1 N–H and O–H groups in total. The van der Waals surface area contributed by atoms with Crippen LogP contribution >= 0.6 is 0 Å². The van der Waals surface area contributed by atoms with E-state index in [2.05, 4.69) is 11.1 Å². The van der Waals surface area contributed by atoms with Crippen LogP contribution in [0.15, 0.2) is 12.5 Å². The van der Waals surface area contributed by atoms with E-state index in [4.69, 9.17) is 0 Å². The molecule has 1 atom stereocenters. The van der Waals surface area contributed by atoms with Crippen molar-refractivity contribution in [2.45, 2.75) is 51.7 Å². The van der Waals surface area contributed by atoms with Crippen LogP contribution in [0.2, 0.25) is 0 Å². The van der Waals surface area contributed by atoms with Crippen LogP contribution in [-0.4, -0.2) is 14.7 Å². The van der Waals surface area contributed by atoms with E-state index in [0.717, 1.165) is 31.4 Å². The molecule has 1 fully saturated rings. The summed E-state index contributed by atoms with van der Waals surface area (Å²) >= 11 is 0. The molecule has 17 heavy (non-hydrogen) atoms. The molecule has 0 bridgehead atoms. The first kappa shape index (κ1) is 12.1. The van der Waals surface area contributed by atoms with Gasteiger partial charge in [-0.2, -0.15) is 5.26 Å². The van der Waals surface area contributed by atoms with Crippen LogP contribution in [0.25, 0.3) is 0 Å². The van der Waals surface area contributed by atoms with E-state index in [-0.39, 0.29) is 6.04 Å². The van der Waals surface area contributed by atoms with Gasteiger partial charge in [-0.25, -0.2) is 4.98 Å². The van der Waals surface area contributed by atoms with E-state index in [0.29, 0.717) is 0 Å². The number of nitriles is 1. The molecule has 4 heteroatoms. The fourth-order valence-corrected chi connectivity index (χ4v) is 2.69. The zero-order valence-electron chi connectivity index (χ0n) is 10.4. The topological polar surface area (TPSA) is 61.8 Å². The van der Waals surface area contributed by atoms with E-state index in [1.54, 1.807) is 12.5 Å². The summed E-state index contributed by atoms with van der Waals surface area (Å²) in [5.74, 6) is 0. The standard InChI is InChI=1S/C13H19N3O/c1-10(2)16-9-15-7-11(16)12(17)13(8-14)5-3-4-6-13/h7,9-10,12,17H,3-6H2,1-2H3. The lowest BCUT2D eigenvalue weighted by molar-refractivity contribution is 0.0592. The fourth-order valence-electron chi connectivity index (χ4n) is 2.69. The summed E-state index contributed by atoms with van der Waals surface area (Å²) in [6, 6.07) is 2.59. The minimum Gasteiger partial charge on any atom is -0.385 e. The molecule has 0 saturated heterocycles. The lowest BCUT2D eigenvalue weighted by Crippen LogP contribution is -2.26. The molecular formula is C13H19N3O. The van der Waals surface area contributed by atoms with Gasteiger partial charge in [-0.3, -0.25) is 0 Å². The number of aliphatic hydroxyl groups excluding tert-OH is 1. The van der Waals surface area contributed by atoms with Crippen molar-refractivity contribution >= 4 is 0 Å². The van der Waals surface area contributed by atoms with Crippen molar-refractivity contribution in [3.8, 4) is 6.07 Å². The highest BCUT2D eigenvalue weighted by molar-refractivity contribution is 5.16. The average Bonchev–Trinajstić information content (AvgIpc) is 2.98. The Labute approximate surface area is 102 Å². The predicted octanol–water partition coefficient (Wildman–Crippen LogP) is 2.58. The number of rotatable bonds is 3. The molecule has 0 aliphatic heterocycles. The Kier molecular flexibility index (Phi) is 3.21. The molecule has 1 heterocycles. The van der Waals surface area contributed by atoms with E-state index in [1.165, 1.54) is 0 Å². The van der Waals surface area contributed by atoms with Crippen LogP contribution in [0.1, 0.15) is 57.4 Å². The first-order valence-corrected chi connectivity index (χ1v) is 6.22. The zero-order valence-corrected chi connectivity index (χ0v) is 10.4. The molecule has 0 amide bonds. The van der Waals surface area contributed by atoms with Crippen LogP contribution in [0.4, 0.5) is 0 Å². The number of aromatic nitrogens is 2. The first-order chi connectivity index (χ1) is 8.10. The van der Waals surface area contributed by atoms with Gasteiger partial charge >= 0.3 is 0 Å². The molecule has 0 radical (unpaired) electrons. The summed E-state index contributed by atoms with van der Waals surface area (Å²) in [5, 5.41) is 19.9. The highest BCUT2D eigenvalue weighted by Crippen LogP contribution is 2.47. The van der Waals surface area contributed by atoms with Crippen LogP contribution in [0, 0.1) is 16.7 Å². The molecule has 0 spiro atoms. The van der Waals surface area contributed by atoms with Gasteiger partial charge in [-0.15, -0.1) is 0 Å². The Morgan fingerprint density at radius 1 is 1.47 bits per heavy atom. The molecule has 1 saturated carbocycles.